The standard InChI is InChI=1S/C15H19F3N2O2/c1-8-12(10(3)21)9(2)19-13(8)14(22)20-6-4-5-11(7-20)15(16,17)18/h11,19H,4-7H2,1-3H3. The first-order chi connectivity index (χ1) is 10.1. The van der Waals surface area contributed by atoms with Gasteiger partial charge in [-0.1, -0.05) is 0 Å². The summed E-state index contributed by atoms with van der Waals surface area (Å²) >= 11 is 0. The molecule has 0 saturated carbocycles. The van der Waals surface area contributed by atoms with Crippen molar-refractivity contribution < 1.29 is 22.8 Å². The first-order valence-corrected chi connectivity index (χ1v) is 7.19. The highest BCUT2D eigenvalue weighted by Gasteiger charge is 2.43. The summed E-state index contributed by atoms with van der Waals surface area (Å²) in [5.74, 6) is -2.12. The number of Topliss-reactive ketones (excluding diaryl/α,β-unsaturated/α-hetero) is 1. The molecule has 0 aliphatic carbocycles. The summed E-state index contributed by atoms with van der Waals surface area (Å²) in [5.41, 5.74) is 1.72. The van der Waals surface area contributed by atoms with Gasteiger partial charge in [0.15, 0.2) is 5.78 Å². The van der Waals surface area contributed by atoms with Crippen LogP contribution >= 0.6 is 0 Å². The van der Waals surface area contributed by atoms with Crippen molar-refractivity contribution in [3.05, 3.63) is 22.5 Å². The van der Waals surface area contributed by atoms with Crippen molar-refractivity contribution in [3.63, 3.8) is 0 Å². The molecule has 1 N–H and O–H groups in total. The number of rotatable bonds is 2. The molecule has 2 rings (SSSR count). The Balaban J connectivity index is 2.25. The number of carbonyl (C=O) groups is 2. The Hall–Kier alpha value is -1.79. The number of piperidine rings is 1. The zero-order valence-corrected chi connectivity index (χ0v) is 12.8. The molecule has 0 aromatic carbocycles. The molecule has 122 valence electrons. The number of amides is 1. The number of H-pyrrole nitrogens is 1. The molecule has 1 aromatic heterocycles. The van der Waals surface area contributed by atoms with Crippen molar-refractivity contribution in [1.82, 2.24) is 9.88 Å². The number of aromatic nitrogens is 1. The van der Waals surface area contributed by atoms with Gasteiger partial charge < -0.3 is 9.88 Å². The Morgan fingerprint density at radius 3 is 2.41 bits per heavy atom. The largest absolute Gasteiger partial charge is 0.393 e. The van der Waals surface area contributed by atoms with Crippen LogP contribution in [0.4, 0.5) is 13.2 Å². The third kappa shape index (κ3) is 3.03. The van der Waals surface area contributed by atoms with E-state index in [0.29, 0.717) is 29.8 Å². The van der Waals surface area contributed by atoms with Crippen molar-refractivity contribution in [2.75, 3.05) is 13.1 Å². The van der Waals surface area contributed by atoms with Gasteiger partial charge in [-0.05, 0) is 39.2 Å². The van der Waals surface area contributed by atoms with Gasteiger partial charge in [0.05, 0.1) is 5.92 Å². The maximum atomic E-state index is 12.8. The third-order valence-electron chi connectivity index (χ3n) is 4.17. The van der Waals surface area contributed by atoms with Gasteiger partial charge in [0, 0.05) is 24.3 Å². The molecule has 0 radical (unpaired) electrons. The molecule has 22 heavy (non-hydrogen) atoms. The molecule has 1 fully saturated rings. The minimum absolute atomic E-state index is 0.0503. The Morgan fingerprint density at radius 1 is 1.27 bits per heavy atom. The molecular formula is C15H19F3N2O2. The maximum Gasteiger partial charge on any atom is 0.393 e. The van der Waals surface area contributed by atoms with Crippen LogP contribution in [0.25, 0.3) is 0 Å². The molecule has 1 atom stereocenters. The van der Waals surface area contributed by atoms with Gasteiger partial charge >= 0.3 is 6.18 Å². The molecule has 1 amide bonds. The molecule has 1 saturated heterocycles. The summed E-state index contributed by atoms with van der Waals surface area (Å²) in [7, 11) is 0. The number of ketones is 1. The van der Waals surface area contributed by atoms with Gasteiger partial charge in [0.2, 0.25) is 0 Å². The number of nitrogens with zero attached hydrogens (tertiary/aromatic N) is 1. The van der Waals surface area contributed by atoms with E-state index in [4.69, 9.17) is 0 Å². The number of halogens is 3. The van der Waals surface area contributed by atoms with Crippen LogP contribution in [0, 0.1) is 19.8 Å². The summed E-state index contributed by atoms with van der Waals surface area (Å²) in [6.45, 7) is 4.69. The molecule has 7 heteroatoms. The van der Waals surface area contributed by atoms with Gasteiger partial charge in [-0.15, -0.1) is 0 Å². The van der Waals surface area contributed by atoms with Crippen LogP contribution in [-0.4, -0.2) is 40.8 Å². The summed E-state index contributed by atoms with van der Waals surface area (Å²) in [5, 5.41) is 0. The molecule has 0 spiro atoms. The van der Waals surface area contributed by atoms with E-state index in [0.717, 1.165) is 0 Å². The van der Waals surface area contributed by atoms with Crippen LogP contribution < -0.4 is 0 Å². The fourth-order valence-electron chi connectivity index (χ4n) is 3.08. The topological polar surface area (TPSA) is 53.2 Å². The van der Waals surface area contributed by atoms with Crippen LogP contribution in [-0.2, 0) is 0 Å². The smallest absolute Gasteiger partial charge is 0.354 e. The molecular weight excluding hydrogens is 297 g/mol. The average Bonchev–Trinajstić information content (AvgIpc) is 2.72. The van der Waals surface area contributed by atoms with E-state index in [1.807, 2.05) is 0 Å². The quantitative estimate of drug-likeness (QED) is 0.852. The van der Waals surface area contributed by atoms with Crippen LogP contribution in [0.3, 0.4) is 0 Å². The summed E-state index contributed by atoms with van der Waals surface area (Å²) in [4.78, 5) is 28.2. The average molecular weight is 316 g/mol. The molecule has 2 heterocycles. The number of hydrogen-bond acceptors (Lipinski definition) is 2. The van der Waals surface area contributed by atoms with Crippen LogP contribution in [0.2, 0.25) is 0 Å². The van der Waals surface area contributed by atoms with Crippen molar-refractivity contribution in [2.45, 2.75) is 39.8 Å². The van der Waals surface area contributed by atoms with E-state index < -0.39 is 18.0 Å². The van der Waals surface area contributed by atoms with E-state index >= 15 is 0 Å². The second-order valence-corrected chi connectivity index (χ2v) is 5.81. The second kappa shape index (κ2) is 5.78. The van der Waals surface area contributed by atoms with Crippen LogP contribution in [0.15, 0.2) is 0 Å². The van der Waals surface area contributed by atoms with E-state index in [1.54, 1.807) is 13.8 Å². The molecule has 4 nitrogen and oxygen atoms in total. The minimum Gasteiger partial charge on any atom is -0.354 e. The lowest BCUT2D eigenvalue weighted by molar-refractivity contribution is -0.184. The Kier molecular flexibility index (Phi) is 4.35. The van der Waals surface area contributed by atoms with Gasteiger partial charge in [0.25, 0.3) is 5.91 Å². The fraction of sp³-hybridized carbons (Fsp3) is 0.600. The number of aryl methyl sites for hydroxylation is 1. The number of carbonyl (C=O) groups excluding carboxylic acids is 2. The lowest BCUT2D eigenvalue weighted by Gasteiger charge is -2.33. The summed E-state index contributed by atoms with van der Waals surface area (Å²) < 4.78 is 38.5. The Labute approximate surface area is 126 Å². The highest BCUT2D eigenvalue weighted by molar-refractivity contribution is 6.02. The number of aromatic amines is 1. The Bertz CT molecular complexity index is 605. The van der Waals surface area contributed by atoms with Crippen molar-refractivity contribution in [1.29, 1.82) is 0 Å². The fourth-order valence-corrected chi connectivity index (χ4v) is 3.08. The van der Waals surface area contributed by atoms with Crippen molar-refractivity contribution >= 4 is 11.7 Å². The first kappa shape index (κ1) is 16.6. The SMILES string of the molecule is CC(=O)c1c(C)[nH]c(C(=O)N2CCCC(C(F)(F)F)C2)c1C. The number of nitrogens with one attached hydrogen (secondary N) is 1. The highest BCUT2D eigenvalue weighted by Crippen LogP contribution is 2.33. The number of hydrogen-bond donors (Lipinski definition) is 1. The van der Waals surface area contributed by atoms with Gasteiger partial charge in [0.1, 0.15) is 5.69 Å². The molecule has 1 aliphatic rings. The maximum absolute atomic E-state index is 12.8. The van der Waals surface area contributed by atoms with E-state index in [-0.39, 0.29) is 24.4 Å². The van der Waals surface area contributed by atoms with E-state index in [9.17, 15) is 22.8 Å². The molecule has 0 bridgehead atoms. The first-order valence-electron chi connectivity index (χ1n) is 7.19. The van der Waals surface area contributed by atoms with E-state index in [1.165, 1.54) is 11.8 Å². The van der Waals surface area contributed by atoms with Gasteiger partial charge in [-0.2, -0.15) is 13.2 Å². The summed E-state index contributed by atoms with van der Waals surface area (Å²) in [6.07, 6.45) is -3.91. The number of likely N-dealkylation sites (tertiary alicyclic amines) is 1. The normalized spacial score (nSPS) is 19.4. The van der Waals surface area contributed by atoms with Crippen molar-refractivity contribution in [3.8, 4) is 0 Å². The number of alkyl halides is 3. The molecule has 1 aromatic rings. The zero-order valence-electron chi connectivity index (χ0n) is 12.8. The monoisotopic (exact) mass is 316 g/mol. The van der Waals surface area contributed by atoms with Crippen LogP contribution in [0.1, 0.15) is 51.9 Å². The zero-order chi connectivity index (χ0) is 16.7. The van der Waals surface area contributed by atoms with Gasteiger partial charge in [-0.25, -0.2) is 0 Å². The Morgan fingerprint density at radius 2 is 1.91 bits per heavy atom. The predicted octanol–water partition coefficient (Wildman–Crippen LogP) is 3.25. The second-order valence-electron chi connectivity index (χ2n) is 5.81. The molecule has 1 aliphatic heterocycles. The van der Waals surface area contributed by atoms with Crippen LogP contribution in [0.5, 0.6) is 0 Å². The summed E-state index contributed by atoms with van der Waals surface area (Å²) in [6, 6.07) is 0. The van der Waals surface area contributed by atoms with Crippen molar-refractivity contribution in [2.24, 2.45) is 5.92 Å². The molecule has 1 unspecified atom stereocenters. The van der Waals surface area contributed by atoms with Gasteiger partial charge in [-0.3, -0.25) is 9.59 Å². The third-order valence-corrected chi connectivity index (χ3v) is 4.17. The lowest BCUT2D eigenvalue weighted by Crippen LogP contribution is -2.44. The predicted molar refractivity (Wildman–Crippen MR) is 75.0 cm³/mol. The minimum atomic E-state index is -4.29. The lowest BCUT2D eigenvalue weighted by atomic mass is 9.97. The van der Waals surface area contributed by atoms with E-state index in [2.05, 4.69) is 4.98 Å². The highest BCUT2D eigenvalue weighted by atomic mass is 19.4.